The van der Waals surface area contributed by atoms with E-state index in [2.05, 4.69) is 0 Å². The van der Waals surface area contributed by atoms with E-state index in [4.69, 9.17) is 20.4 Å². The van der Waals surface area contributed by atoms with Crippen LogP contribution in [0, 0.1) is 0 Å². The van der Waals surface area contributed by atoms with Crippen LogP contribution in [0.2, 0.25) is 0 Å². The number of carboxylic acids is 1. The minimum absolute atomic E-state index is 0.0419. The topological polar surface area (TPSA) is 98.0 Å². The lowest BCUT2D eigenvalue weighted by Gasteiger charge is -2.17. The van der Waals surface area contributed by atoms with Gasteiger partial charge in [-0.1, -0.05) is 12.1 Å². The van der Waals surface area contributed by atoms with Crippen LogP contribution in [0.4, 0.5) is 0 Å². The normalized spacial score (nSPS) is 12.7. The maximum Gasteiger partial charge on any atom is 0.304 e. The quantitative estimate of drug-likeness (QED) is 0.537. The molecule has 0 aliphatic carbocycles. The minimum Gasteiger partial charge on any atom is -0.508 e. The van der Waals surface area contributed by atoms with Crippen molar-refractivity contribution >= 4 is 5.97 Å². The van der Waals surface area contributed by atoms with Gasteiger partial charge in [-0.3, -0.25) is 4.79 Å². The van der Waals surface area contributed by atoms with Gasteiger partial charge in [0.05, 0.1) is 6.42 Å². The van der Waals surface area contributed by atoms with Gasteiger partial charge in [-0.15, -0.1) is 0 Å². The van der Waals surface area contributed by atoms with Crippen LogP contribution < -0.4 is 0 Å². The second kappa shape index (κ2) is 4.77. The summed E-state index contributed by atoms with van der Waals surface area (Å²) >= 11 is 0. The van der Waals surface area contributed by atoms with Gasteiger partial charge in [-0.2, -0.15) is 0 Å². The highest BCUT2D eigenvalue weighted by Crippen LogP contribution is 2.24. The summed E-state index contributed by atoms with van der Waals surface area (Å²) in [4.78, 5) is 10.5. The number of aliphatic hydroxyl groups is 2. The van der Waals surface area contributed by atoms with E-state index in [1.54, 1.807) is 0 Å². The predicted octanol–water partition coefficient (Wildman–Crippen LogP) is 0.261. The molecule has 0 saturated heterocycles. The molecule has 0 spiro atoms. The molecule has 0 aliphatic rings. The Morgan fingerprint density at radius 3 is 2.13 bits per heavy atom. The van der Waals surface area contributed by atoms with Crippen LogP contribution in [-0.2, 0) is 4.79 Å². The third-order valence-electron chi connectivity index (χ3n) is 2.08. The molecule has 0 amide bonds. The largest absolute Gasteiger partial charge is 0.508 e. The third kappa shape index (κ3) is 3.23. The van der Waals surface area contributed by atoms with E-state index in [0.717, 1.165) is 0 Å². The Balaban J connectivity index is 2.88. The highest BCUT2D eigenvalue weighted by Gasteiger charge is 2.22. The first kappa shape index (κ1) is 11.5. The van der Waals surface area contributed by atoms with Crippen molar-refractivity contribution in [3.05, 3.63) is 29.8 Å². The summed E-state index contributed by atoms with van der Waals surface area (Å²) in [5, 5.41) is 35.6. The SMILES string of the molecule is O=C(O)C[C@H](c1ccc(O)cc1)C(O)O. The molecule has 0 heterocycles. The van der Waals surface area contributed by atoms with E-state index in [9.17, 15) is 4.79 Å². The smallest absolute Gasteiger partial charge is 0.304 e. The zero-order chi connectivity index (χ0) is 11.4. The van der Waals surface area contributed by atoms with Crippen molar-refractivity contribution < 1.29 is 25.2 Å². The molecule has 82 valence electrons. The van der Waals surface area contributed by atoms with Gasteiger partial charge in [0.2, 0.25) is 0 Å². The standard InChI is InChI=1S/C10H12O5/c11-7-3-1-6(2-4-7)8(10(14)15)5-9(12)13/h1-4,8,10-11,14-15H,5H2,(H,12,13)/t8-/m1/s1. The van der Waals surface area contributed by atoms with E-state index < -0.39 is 18.2 Å². The number of aromatic hydroxyl groups is 1. The average molecular weight is 212 g/mol. The molecule has 0 unspecified atom stereocenters. The van der Waals surface area contributed by atoms with Gasteiger partial charge >= 0.3 is 5.97 Å². The number of aliphatic carboxylic acids is 1. The average Bonchev–Trinajstić information content (AvgIpc) is 2.15. The number of carbonyl (C=O) groups is 1. The molecule has 0 fully saturated rings. The fourth-order valence-corrected chi connectivity index (χ4v) is 1.31. The van der Waals surface area contributed by atoms with Gasteiger partial charge in [0.1, 0.15) is 5.75 Å². The molecule has 1 aromatic carbocycles. The monoisotopic (exact) mass is 212 g/mol. The van der Waals surface area contributed by atoms with E-state index in [-0.39, 0.29) is 12.2 Å². The molecule has 1 atom stereocenters. The Labute approximate surface area is 86.2 Å². The number of aliphatic hydroxyl groups excluding tert-OH is 1. The first-order valence-corrected chi connectivity index (χ1v) is 4.37. The Morgan fingerprint density at radius 2 is 1.73 bits per heavy atom. The molecule has 5 heteroatoms. The van der Waals surface area contributed by atoms with Crippen molar-refractivity contribution in [2.75, 3.05) is 0 Å². The van der Waals surface area contributed by atoms with E-state index in [1.807, 2.05) is 0 Å². The Morgan fingerprint density at radius 1 is 1.20 bits per heavy atom. The number of hydrogen-bond acceptors (Lipinski definition) is 4. The zero-order valence-corrected chi connectivity index (χ0v) is 7.87. The summed E-state index contributed by atoms with van der Waals surface area (Å²) in [7, 11) is 0. The number of rotatable bonds is 4. The van der Waals surface area contributed by atoms with Crippen molar-refractivity contribution in [3.63, 3.8) is 0 Å². The molecular weight excluding hydrogens is 200 g/mol. The van der Waals surface area contributed by atoms with Gasteiger partial charge in [0, 0.05) is 5.92 Å². The van der Waals surface area contributed by atoms with Crippen molar-refractivity contribution in [1.29, 1.82) is 0 Å². The van der Waals surface area contributed by atoms with E-state index >= 15 is 0 Å². The van der Waals surface area contributed by atoms with E-state index in [0.29, 0.717) is 5.56 Å². The molecule has 0 aliphatic heterocycles. The van der Waals surface area contributed by atoms with Gasteiger partial charge in [-0.05, 0) is 17.7 Å². The van der Waals surface area contributed by atoms with Gasteiger partial charge < -0.3 is 20.4 Å². The van der Waals surface area contributed by atoms with Crippen LogP contribution >= 0.6 is 0 Å². The van der Waals surface area contributed by atoms with Crippen LogP contribution in [0.1, 0.15) is 17.9 Å². The lowest BCUT2D eigenvalue weighted by molar-refractivity contribution is -0.141. The predicted molar refractivity (Wildman–Crippen MR) is 51.3 cm³/mol. The van der Waals surface area contributed by atoms with Crippen LogP contribution in [0.3, 0.4) is 0 Å². The molecule has 15 heavy (non-hydrogen) atoms. The fourth-order valence-electron chi connectivity index (χ4n) is 1.31. The molecule has 0 radical (unpaired) electrons. The molecule has 0 aromatic heterocycles. The molecule has 5 nitrogen and oxygen atoms in total. The van der Waals surface area contributed by atoms with Crippen LogP contribution in [0.15, 0.2) is 24.3 Å². The summed E-state index contributed by atoms with van der Waals surface area (Å²) in [5.41, 5.74) is 0.463. The zero-order valence-electron chi connectivity index (χ0n) is 7.87. The number of phenols is 1. The fraction of sp³-hybridized carbons (Fsp3) is 0.300. The van der Waals surface area contributed by atoms with Gasteiger partial charge in [-0.25, -0.2) is 0 Å². The van der Waals surface area contributed by atoms with Crippen molar-refractivity contribution in [2.24, 2.45) is 0 Å². The van der Waals surface area contributed by atoms with E-state index in [1.165, 1.54) is 24.3 Å². The van der Waals surface area contributed by atoms with Crippen LogP contribution in [0.25, 0.3) is 0 Å². The summed E-state index contributed by atoms with van der Waals surface area (Å²) in [6.45, 7) is 0. The second-order valence-corrected chi connectivity index (χ2v) is 3.21. The van der Waals surface area contributed by atoms with Crippen molar-refractivity contribution in [3.8, 4) is 5.75 Å². The summed E-state index contributed by atoms with van der Waals surface area (Å²) in [6, 6.07) is 5.66. The molecule has 0 bridgehead atoms. The van der Waals surface area contributed by atoms with Crippen LogP contribution in [0.5, 0.6) is 5.75 Å². The molecular formula is C10H12O5. The highest BCUT2D eigenvalue weighted by atomic mass is 16.5. The lowest BCUT2D eigenvalue weighted by Crippen LogP contribution is -2.20. The summed E-state index contributed by atoms with van der Waals surface area (Å²) in [6.07, 6.45) is -2.10. The third-order valence-corrected chi connectivity index (χ3v) is 2.08. The highest BCUT2D eigenvalue weighted by molar-refractivity contribution is 5.68. The van der Waals surface area contributed by atoms with Crippen molar-refractivity contribution in [2.45, 2.75) is 18.6 Å². The summed E-state index contributed by atoms with van der Waals surface area (Å²) in [5.74, 6) is -1.95. The van der Waals surface area contributed by atoms with Crippen molar-refractivity contribution in [1.82, 2.24) is 0 Å². The first-order chi connectivity index (χ1) is 7.00. The molecule has 4 N–H and O–H groups in total. The Kier molecular flexibility index (Phi) is 3.65. The molecule has 0 saturated carbocycles. The lowest BCUT2D eigenvalue weighted by atomic mass is 9.95. The molecule has 1 rings (SSSR count). The van der Waals surface area contributed by atoms with Gasteiger partial charge in [0.25, 0.3) is 0 Å². The minimum atomic E-state index is -1.73. The number of phenolic OH excluding ortho intramolecular Hbond substituents is 1. The number of benzene rings is 1. The summed E-state index contributed by atoms with van der Waals surface area (Å²) < 4.78 is 0. The maximum atomic E-state index is 10.5. The first-order valence-electron chi connectivity index (χ1n) is 4.37. The maximum absolute atomic E-state index is 10.5. The molecule has 1 aromatic rings. The Bertz CT molecular complexity index is 330. The second-order valence-electron chi connectivity index (χ2n) is 3.21. The van der Waals surface area contributed by atoms with Gasteiger partial charge in [0.15, 0.2) is 6.29 Å². The van der Waals surface area contributed by atoms with Crippen LogP contribution in [-0.4, -0.2) is 32.7 Å². The number of carboxylic acid groups (broad SMARTS) is 1. The number of hydrogen-bond donors (Lipinski definition) is 4. The Hall–Kier alpha value is -1.59.